The molecule has 7 heteroatoms. The van der Waals surface area contributed by atoms with Crippen LogP contribution in [0.1, 0.15) is 38.8 Å². The Morgan fingerprint density at radius 1 is 1.23 bits per heavy atom. The Balaban J connectivity index is 1.27. The fourth-order valence-corrected chi connectivity index (χ4v) is 4.17. The van der Waals surface area contributed by atoms with Crippen molar-refractivity contribution in [1.29, 1.82) is 0 Å². The number of nitrogens with one attached hydrogen (secondary N) is 1. The van der Waals surface area contributed by atoms with Gasteiger partial charge in [-0.25, -0.2) is 4.98 Å². The summed E-state index contributed by atoms with van der Waals surface area (Å²) in [5.41, 5.74) is 1.80. The molecule has 2 aliphatic heterocycles. The third-order valence-corrected chi connectivity index (χ3v) is 5.46. The maximum atomic E-state index is 12.3. The number of rotatable bonds is 6. The van der Waals surface area contributed by atoms with Crippen LogP contribution in [0.25, 0.3) is 0 Å². The second kappa shape index (κ2) is 8.75. The average Bonchev–Trinajstić information content (AvgIpc) is 3.04. The molecular formula is C24H31N3O4. The van der Waals surface area contributed by atoms with Gasteiger partial charge in [-0.05, 0) is 45.4 Å². The molecule has 1 fully saturated rings. The van der Waals surface area contributed by atoms with Crippen LogP contribution < -0.4 is 19.7 Å². The van der Waals surface area contributed by atoms with Crippen molar-refractivity contribution in [3.63, 3.8) is 0 Å². The maximum absolute atomic E-state index is 12.3. The predicted molar refractivity (Wildman–Crippen MR) is 119 cm³/mol. The average molecular weight is 426 g/mol. The first kappa shape index (κ1) is 21.4. The number of hydrogen-bond donors (Lipinski definition) is 1. The van der Waals surface area contributed by atoms with Gasteiger partial charge in [0.1, 0.15) is 11.4 Å². The molecule has 0 spiro atoms. The van der Waals surface area contributed by atoms with E-state index in [4.69, 9.17) is 14.2 Å². The van der Waals surface area contributed by atoms with E-state index < -0.39 is 0 Å². The zero-order valence-electron chi connectivity index (χ0n) is 18.7. The van der Waals surface area contributed by atoms with Gasteiger partial charge in [-0.2, -0.15) is 0 Å². The predicted octanol–water partition coefficient (Wildman–Crippen LogP) is 3.10. The molecule has 2 aliphatic rings. The summed E-state index contributed by atoms with van der Waals surface area (Å²) in [5, 5.41) is 2.89. The maximum Gasteiger partial charge on any atom is 0.258 e. The molecule has 2 aromatic rings. The highest BCUT2D eigenvalue weighted by Crippen LogP contribution is 2.41. The van der Waals surface area contributed by atoms with Gasteiger partial charge in [0.15, 0.2) is 18.1 Å². The number of fused-ring (bicyclic) bond motifs is 1. The summed E-state index contributed by atoms with van der Waals surface area (Å²) in [7, 11) is 0. The Morgan fingerprint density at radius 2 is 2.00 bits per heavy atom. The molecule has 1 aromatic carbocycles. The van der Waals surface area contributed by atoms with E-state index in [2.05, 4.69) is 29.0 Å². The lowest BCUT2D eigenvalue weighted by Gasteiger charge is -2.36. The van der Waals surface area contributed by atoms with Crippen LogP contribution in [0.3, 0.4) is 0 Å². The highest BCUT2D eigenvalue weighted by Gasteiger charge is 2.32. The van der Waals surface area contributed by atoms with Crippen molar-refractivity contribution in [3.05, 3.63) is 47.7 Å². The molecular weight excluding hydrogens is 394 g/mol. The molecule has 3 heterocycles. The van der Waals surface area contributed by atoms with Crippen molar-refractivity contribution < 1.29 is 19.0 Å². The van der Waals surface area contributed by atoms with Crippen molar-refractivity contribution in [2.75, 3.05) is 24.6 Å². The number of benzene rings is 1. The third kappa shape index (κ3) is 5.28. The van der Waals surface area contributed by atoms with Crippen LogP contribution in [-0.2, 0) is 22.5 Å². The van der Waals surface area contributed by atoms with E-state index >= 15 is 0 Å². The van der Waals surface area contributed by atoms with E-state index in [9.17, 15) is 4.79 Å². The minimum atomic E-state index is -0.249. The largest absolute Gasteiger partial charge is 0.483 e. The van der Waals surface area contributed by atoms with Gasteiger partial charge in [0.2, 0.25) is 0 Å². The number of pyridine rings is 1. The zero-order valence-corrected chi connectivity index (χ0v) is 18.7. The number of anilines is 1. The minimum Gasteiger partial charge on any atom is -0.483 e. The monoisotopic (exact) mass is 425 g/mol. The Morgan fingerprint density at radius 3 is 2.71 bits per heavy atom. The molecule has 1 saturated heterocycles. The van der Waals surface area contributed by atoms with Crippen molar-refractivity contribution in [3.8, 4) is 11.5 Å². The molecule has 2 unspecified atom stereocenters. The summed E-state index contributed by atoms with van der Waals surface area (Å²) in [5.74, 6) is 2.10. The second-order valence-electron chi connectivity index (χ2n) is 9.04. The minimum absolute atomic E-state index is 0.0602. The van der Waals surface area contributed by atoms with Gasteiger partial charge >= 0.3 is 0 Å². The van der Waals surface area contributed by atoms with Crippen molar-refractivity contribution >= 4 is 11.7 Å². The van der Waals surface area contributed by atoms with Gasteiger partial charge in [0.25, 0.3) is 5.91 Å². The fourth-order valence-electron chi connectivity index (χ4n) is 4.17. The van der Waals surface area contributed by atoms with E-state index in [1.165, 1.54) is 0 Å². The highest BCUT2D eigenvalue weighted by molar-refractivity contribution is 5.77. The molecule has 0 saturated carbocycles. The molecule has 0 aliphatic carbocycles. The van der Waals surface area contributed by atoms with Crippen LogP contribution in [0, 0.1) is 0 Å². The highest BCUT2D eigenvalue weighted by atomic mass is 16.5. The summed E-state index contributed by atoms with van der Waals surface area (Å²) in [6, 6.07) is 9.79. The summed E-state index contributed by atoms with van der Waals surface area (Å²) in [4.78, 5) is 19.1. The molecule has 2 atom stereocenters. The number of aromatic nitrogens is 1. The first-order valence-corrected chi connectivity index (χ1v) is 10.8. The number of hydrogen-bond acceptors (Lipinski definition) is 6. The lowest BCUT2D eigenvalue weighted by molar-refractivity contribution is -0.123. The van der Waals surface area contributed by atoms with E-state index in [1.54, 1.807) is 6.20 Å². The Kier molecular flexibility index (Phi) is 6.05. The van der Waals surface area contributed by atoms with Crippen molar-refractivity contribution in [2.24, 2.45) is 0 Å². The van der Waals surface area contributed by atoms with Crippen molar-refractivity contribution in [1.82, 2.24) is 10.3 Å². The van der Waals surface area contributed by atoms with Gasteiger partial charge < -0.3 is 24.4 Å². The molecule has 31 heavy (non-hydrogen) atoms. The number of amides is 1. The van der Waals surface area contributed by atoms with E-state index in [-0.39, 0.29) is 30.3 Å². The summed E-state index contributed by atoms with van der Waals surface area (Å²) < 4.78 is 17.5. The molecule has 166 valence electrons. The number of morpholine rings is 1. The fraction of sp³-hybridized carbons (Fsp3) is 0.500. The summed E-state index contributed by atoms with van der Waals surface area (Å²) in [6.07, 6.45) is 3.01. The number of carbonyl (C=O) groups is 1. The van der Waals surface area contributed by atoms with E-state index in [0.717, 1.165) is 42.2 Å². The van der Waals surface area contributed by atoms with Crippen LogP contribution in [-0.4, -0.2) is 48.4 Å². The summed E-state index contributed by atoms with van der Waals surface area (Å²) in [6.45, 7) is 10.2. The molecule has 0 bridgehead atoms. The quantitative estimate of drug-likeness (QED) is 0.767. The third-order valence-electron chi connectivity index (χ3n) is 5.46. The molecule has 1 N–H and O–H groups in total. The van der Waals surface area contributed by atoms with E-state index in [1.807, 2.05) is 44.2 Å². The standard InChI is InChI=1S/C24H31N3O4/c1-16-13-27(14-17(2)30-16)21-9-8-18(11-25-21)12-26-22(28)15-29-20-7-5-6-19-10-24(3,4)31-23(19)20/h5-9,11,16-17H,10,12-15H2,1-4H3,(H,26,28). The van der Waals surface area contributed by atoms with Crippen molar-refractivity contribution in [2.45, 2.75) is 58.5 Å². The number of nitrogens with zero attached hydrogens (tertiary/aromatic N) is 2. The van der Waals surface area contributed by atoms with Gasteiger partial charge in [0.05, 0.1) is 12.2 Å². The van der Waals surface area contributed by atoms with Crippen LogP contribution in [0.15, 0.2) is 36.5 Å². The summed E-state index contributed by atoms with van der Waals surface area (Å²) >= 11 is 0. The van der Waals surface area contributed by atoms with Gasteiger partial charge in [0, 0.05) is 37.8 Å². The van der Waals surface area contributed by atoms with Crippen LogP contribution in [0.5, 0.6) is 11.5 Å². The van der Waals surface area contributed by atoms with Gasteiger partial charge in [-0.1, -0.05) is 18.2 Å². The number of ether oxygens (including phenoxy) is 3. The van der Waals surface area contributed by atoms with E-state index in [0.29, 0.717) is 12.3 Å². The molecule has 4 rings (SSSR count). The van der Waals surface area contributed by atoms with Crippen LogP contribution in [0.2, 0.25) is 0 Å². The van der Waals surface area contributed by atoms with Gasteiger partial charge in [-0.3, -0.25) is 4.79 Å². The topological polar surface area (TPSA) is 72.9 Å². The molecule has 1 amide bonds. The Hall–Kier alpha value is -2.80. The normalized spacial score (nSPS) is 21.9. The lowest BCUT2D eigenvalue weighted by atomic mass is 10.0. The SMILES string of the molecule is CC1CN(c2ccc(CNC(=O)COc3cccc4c3OC(C)(C)C4)cn2)CC(C)O1. The molecule has 7 nitrogen and oxygen atoms in total. The molecule has 1 aromatic heterocycles. The first-order valence-electron chi connectivity index (χ1n) is 10.8. The van der Waals surface area contributed by atoms with Crippen LogP contribution >= 0.6 is 0 Å². The Bertz CT molecular complexity index is 919. The number of para-hydroxylation sites is 1. The first-order chi connectivity index (χ1) is 14.8. The lowest BCUT2D eigenvalue weighted by Crippen LogP contribution is -2.45. The van der Waals surface area contributed by atoms with Gasteiger partial charge in [-0.15, -0.1) is 0 Å². The smallest absolute Gasteiger partial charge is 0.258 e. The number of carbonyl (C=O) groups excluding carboxylic acids is 1. The zero-order chi connectivity index (χ0) is 22.0. The molecule has 0 radical (unpaired) electrons. The second-order valence-corrected chi connectivity index (χ2v) is 9.04. The van der Waals surface area contributed by atoms with Crippen LogP contribution in [0.4, 0.5) is 5.82 Å². The Labute approximate surface area is 183 Å².